The van der Waals surface area contributed by atoms with E-state index in [1.54, 1.807) is 6.33 Å². The number of nitrogens with one attached hydrogen (secondary N) is 1. The van der Waals surface area contributed by atoms with Crippen LogP contribution in [-0.4, -0.2) is 22.4 Å². The summed E-state index contributed by atoms with van der Waals surface area (Å²) in [6.45, 7) is 1.70. The number of nitrogens with zero attached hydrogens (tertiary/aromatic N) is 2. The zero-order valence-corrected chi connectivity index (χ0v) is 7.10. The van der Waals surface area contributed by atoms with Gasteiger partial charge in [-0.3, -0.25) is 0 Å². The zero-order chi connectivity index (χ0) is 7.94. The summed E-state index contributed by atoms with van der Waals surface area (Å²) >= 11 is 1.38. The highest BCUT2D eigenvalue weighted by Gasteiger charge is 1.92. The van der Waals surface area contributed by atoms with E-state index in [-0.39, 0.29) is 0 Å². The number of hydrogen-bond donors (Lipinski definition) is 2. The lowest BCUT2D eigenvalue weighted by Gasteiger charge is -1.98. The first-order valence-electron chi connectivity index (χ1n) is 3.64. The Balaban J connectivity index is 2.04. The van der Waals surface area contributed by atoms with Gasteiger partial charge in [0.15, 0.2) is 0 Å². The second-order valence-corrected chi connectivity index (χ2v) is 2.95. The lowest BCUT2D eigenvalue weighted by Crippen LogP contribution is -2.05. The summed E-state index contributed by atoms with van der Waals surface area (Å²) in [6, 6.07) is 0. The first-order valence-corrected chi connectivity index (χ1v) is 4.41. The van der Waals surface area contributed by atoms with Crippen molar-refractivity contribution in [3.05, 3.63) is 6.33 Å². The number of hydrogen-bond acceptors (Lipinski definition) is 5. The number of aromatic nitrogens is 2. The molecule has 0 aliphatic rings. The molecular formula is C6H12N4S. The molecular weight excluding hydrogens is 160 g/mol. The second-order valence-electron chi connectivity index (χ2n) is 2.17. The molecule has 0 atom stereocenters. The second kappa shape index (κ2) is 5.03. The molecule has 4 nitrogen and oxygen atoms in total. The van der Waals surface area contributed by atoms with Crippen LogP contribution in [0.3, 0.4) is 0 Å². The smallest absolute Gasteiger partial charge is 0.202 e. The third kappa shape index (κ3) is 3.29. The largest absolute Gasteiger partial charge is 0.360 e. The lowest BCUT2D eigenvalue weighted by atomic mass is 10.3. The van der Waals surface area contributed by atoms with Crippen molar-refractivity contribution in [2.75, 3.05) is 18.4 Å². The molecule has 0 radical (unpaired) electrons. The predicted molar refractivity (Wildman–Crippen MR) is 46.7 cm³/mol. The summed E-state index contributed by atoms with van der Waals surface area (Å²) in [5.41, 5.74) is 5.33. The Kier molecular flexibility index (Phi) is 3.85. The molecule has 0 saturated heterocycles. The van der Waals surface area contributed by atoms with Crippen LogP contribution in [0.5, 0.6) is 0 Å². The monoisotopic (exact) mass is 172 g/mol. The molecule has 0 bridgehead atoms. The summed E-state index contributed by atoms with van der Waals surface area (Å²) in [7, 11) is 0. The average Bonchev–Trinajstić information content (AvgIpc) is 2.50. The number of rotatable bonds is 5. The van der Waals surface area contributed by atoms with E-state index in [1.165, 1.54) is 11.5 Å². The highest BCUT2D eigenvalue weighted by Crippen LogP contribution is 2.05. The maximum atomic E-state index is 5.33. The summed E-state index contributed by atoms with van der Waals surface area (Å²) in [5, 5.41) is 4.04. The van der Waals surface area contributed by atoms with Crippen LogP contribution < -0.4 is 11.1 Å². The van der Waals surface area contributed by atoms with Crippen molar-refractivity contribution in [2.45, 2.75) is 12.8 Å². The third-order valence-electron chi connectivity index (χ3n) is 1.27. The van der Waals surface area contributed by atoms with Crippen molar-refractivity contribution in [2.24, 2.45) is 5.73 Å². The topological polar surface area (TPSA) is 63.8 Å². The van der Waals surface area contributed by atoms with Gasteiger partial charge in [-0.1, -0.05) is 0 Å². The molecule has 5 heteroatoms. The van der Waals surface area contributed by atoms with E-state index in [4.69, 9.17) is 5.73 Å². The van der Waals surface area contributed by atoms with Gasteiger partial charge in [-0.05, 0) is 19.4 Å². The van der Waals surface area contributed by atoms with E-state index in [0.717, 1.165) is 31.1 Å². The van der Waals surface area contributed by atoms with Crippen molar-refractivity contribution in [1.82, 2.24) is 9.36 Å². The van der Waals surface area contributed by atoms with Crippen molar-refractivity contribution >= 4 is 16.7 Å². The van der Waals surface area contributed by atoms with Crippen molar-refractivity contribution in [1.29, 1.82) is 0 Å². The number of nitrogens with two attached hydrogens (primary N) is 1. The predicted octanol–water partition coefficient (Wildman–Crippen LogP) is 0.689. The van der Waals surface area contributed by atoms with Gasteiger partial charge in [-0.2, -0.15) is 4.37 Å². The van der Waals surface area contributed by atoms with Crippen LogP contribution in [0.25, 0.3) is 0 Å². The van der Waals surface area contributed by atoms with Crippen LogP contribution in [0.15, 0.2) is 6.33 Å². The van der Waals surface area contributed by atoms with Crippen LogP contribution in [0.4, 0.5) is 5.13 Å². The molecule has 0 saturated carbocycles. The van der Waals surface area contributed by atoms with Gasteiger partial charge in [0.2, 0.25) is 5.13 Å². The molecule has 0 spiro atoms. The van der Waals surface area contributed by atoms with Gasteiger partial charge < -0.3 is 11.1 Å². The standard InChI is InChI=1S/C6H12N4S/c7-3-1-2-4-8-6-9-5-10-11-6/h5H,1-4,7H2,(H,8,9,10). The summed E-state index contributed by atoms with van der Waals surface area (Å²) in [6.07, 6.45) is 3.71. The summed E-state index contributed by atoms with van der Waals surface area (Å²) < 4.78 is 3.86. The molecule has 0 aliphatic heterocycles. The quantitative estimate of drug-likeness (QED) is 0.641. The molecule has 0 aromatic carbocycles. The minimum Gasteiger partial charge on any atom is -0.360 e. The Morgan fingerprint density at radius 1 is 1.55 bits per heavy atom. The minimum absolute atomic E-state index is 0.762. The van der Waals surface area contributed by atoms with Crippen molar-refractivity contribution in [3.8, 4) is 0 Å². The maximum absolute atomic E-state index is 5.33. The van der Waals surface area contributed by atoms with Gasteiger partial charge in [0, 0.05) is 18.1 Å². The zero-order valence-electron chi connectivity index (χ0n) is 6.29. The third-order valence-corrected chi connectivity index (χ3v) is 1.89. The number of anilines is 1. The molecule has 62 valence electrons. The Morgan fingerprint density at radius 2 is 2.45 bits per heavy atom. The molecule has 0 aliphatic carbocycles. The SMILES string of the molecule is NCCCCNc1ncns1. The van der Waals surface area contributed by atoms with Crippen molar-refractivity contribution < 1.29 is 0 Å². The summed E-state index contributed by atoms with van der Waals surface area (Å²) in [5.74, 6) is 0. The first kappa shape index (κ1) is 8.42. The van der Waals surface area contributed by atoms with Crippen LogP contribution in [-0.2, 0) is 0 Å². The first-order chi connectivity index (χ1) is 5.43. The molecule has 1 heterocycles. The summed E-state index contributed by atoms with van der Waals surface area (Å²) in [4.78, 5) is 3.98. The molecule has 0 unspecified atom stereocenters. The van der Waals surface area contributed by atoms with Gasteiger partial charge in [-0.25, -0.2) is 4.98 Å². The molecule has 0 fully saturated rings. The number of unbranched alkanes of at least 4 members (excludes halogenated alkanes) is 1. The van der Waals surface area contributed by atoms with Gasteiger partial charge in [0.1, 0.15) is 6.33 Å². The van der Waals surface area contributed by atoms with E-state index >= 15 is 0 Å². The molecule has 0 amide bonds. The fourth-order valence-corrected chi connectivity index (χ4v) is 1.17. The van der Waals surface area contributed by atoms with E-state index in [1.807, 2.05) is 0 Å². The van der Waals surface area contributed by atoms with Crippen LogP contribution in [0.2, 0.25) is 0 Å². The highest BCUT2D eigenvalue weighted by molar-refractivity contribution is 7.09. The molecule has 1 aromatic heterocycles. The average molecular weight is 172 g/mol. The maximum Gasteiger partial charge on any atom is 0.202 e. The highest BCUT2D eigenvalue weighted by atomic mass is 32.1. The van der Waals surface area contributed by atoms with Gasteiger partial charge in [-0.15, -0.1) is 0 Å². The van der Waals surface area contributed by atoms with E-state index in [2.05, 4.69) is 14.7 Å². The normalized spacial score (nSPS) is 9.91. The lowest BCUT2D eigenvalue weighted by molar-refractivity contribution is 0.774. The van der Waals surface area contributed by atoms with Crippen LogP contribution in [0.1, 0.15) is 12.8 Å². The molecule has 1 rings (SSSR count). The van der Waals surface area contributed by atoms with E-state index < -0.39 is 0 Å². The van der Waals surface area contributed by atoms with Crippen LogP contribution >= 0.6 is 11.5 Å². The fourth-order valence-electron chi connectivity index (χ4n) is 0.716. The van der Waals surface area contributed by atoms with Gasteiger partial charge in [0.05, 0.1) is 0 Å². The van der Waals surface area contributed by atoms with Gasteiger partial charge >= 0.3 is 0 Å². The molecule has 11 heavy (non-hydrogen) atoms. The van der Waals surface area contributed by atoms with E-state index in [9.17, 15) is 0 Å². The Bertz CT molecular complexity index is 175. The fraction of sp³-hybridized carbons (Fsp3) is 0.667. The Hall–Kier alpha value is -0.680. The molecule has 3 N–H and O–H groups in total. The van der Waals surface area contributed by atoms with Gasteiger partial charge in [0.25, 0.3) is 0 Å². The minimum atomic E-state index is 0.762. The van der Waals surface area contributed by atoms with Crippen molar-refractivity contribution in [3.63, 3.8) is 0 Å². The van der Waals surface area contributed by atoms with Crippen LogP contribution in [0, 0.1) is 0 Å². The molecule has 1 aromatic rings. The van der Waals surface area contributed by atoms with E-state index in [0.29, 0.717) is 0 Å². The Morgan fingerprint density at radius 3 is 3.09 bits per heavy atom. The Labute approximate surface area is 70.0 Å².